The summed E-state index contributed by atoms with van der Waals surface area (Å²) in [5.74, 6) is -2.50. The lowest BCUT2D eigenvalue weighted by atomic mass is 10.1. The average molecular weight is 506 g/mol. The topological polar surface area (TPSA) is 60.9 Å². The summed E-state index contributed by atoms with van der Waals surface area (Å²) >= 11 is 0. The van der Waals surface area contributed by atoms with Crippen LogP contribution in [-0.4, -0.2) is 58.2 Å². The minimum Gasteiger partial charge on any atom is -0.368 e. The molecule has 186 valence electrons. The number of benzene rings is 2. The highest BCUT2D eigenvalue weighted by Crippen LogP contribution is 2.32. The Kier molecular flexibility index (Phi) is 7.69. The molecule has 2 aromatic carbocycles. The van der Waals surface area contributed by atoms with Crippen molar-refractivity contribution >= 4 is 27.3 Å². The van der Waals surface area contributed by atoms with Gasteiger partial charge >= 0.3 is 6.18 Å². The van der Waals surface area contributed by atoms with E-state index in [9.17, 15) is 35.2 Å². The van der Waals surface area contributed by atoms with E-state index in [1.165, 1.54) is 6.07 Å². The number of carbonyl (C=O) groups is 1. The molecule has 0 atom stereocenters. The van der Waals surface area contributed by atoms with E-state index in [1.54, 1.807) is 15.9 Å². The van der Waals surface area contributed by atoms with Crippen LogP contribution in [0.15, 0.2) is 42.5 Å². The second-order valence-corrected chi connectivity index (χ2v) is 9.86. The molecule has 0 aliphatic carbocycles. The van der Waals surface area contributed by atoms with Crippen LogP contribution < -0.4 is 9.21 Å². The standard InChI is InChI=1S/C22H24F5N3O3S/c1-34(32,33)30(18-7-8-19(23)20(24)15-18)9-3-6-21(31)29-12-10-28(11-13-29)17-5-2-4-16(14-17)22(25,26)27/h2,4-5,7-8,14-15H,3,6,9-13H2,1H3. The monoisotopic (exact) mass is 505 g/mol. The number of amides is 1. The van der Waals surface area contributed by atoms with Crippen LogP contribution in [0.1, 0.15) is 18.4 Å². The number of anilines is 2. The molecule has 3 rings (SSSR count). The molecule has 0 aromatic heterocycles. The zero-order valence-corrected chi connectivity index (χ0v) is 19.2. The van der Waals surface area contributed by atoms with E-state index < -0.39 is 33.4 Å². The van der Waals surface area contributed by atoms with Gasteiger partial charge in [0.2, 0.25) is 15.9 Å². The number of alkyl halides is 3. The van der Waals surface area contributed by atoms with Crippen LogP contribution in [0.2, 0.25) is 0 Å². The molecule has 12 heteroatoms. The van der Waals surface area contributed by atoms with Gasteiger partial charge in [-0.1, -0.05) is 6.07 Å². The molecule has 0 unspecified atom stereocenters. The van der Waals surface area contributed by atoms with Gasteiger partial charge in [0, 0.05) is 50.9 Å². The van der Waals surface area contributed by atoms with Crippen molar-refractivity contribution in [3.05, 3.63) is 59.7 Å². The van der Waals surface area contributed by atoms with Crippen LogP contribution >= 0.6 is 0 Å². The fourth-order valence-corrected chi connectivity index (χ4v) is 4.71. The summed E-state index contributed by atoms with van der Waals surface area (Å²) in [5, 5.41) is 0. The molecule has 1 aliphatic heterocycles. The van der Waals surface area contributed by atoms with Crippen LogP contribution in [0.4, 0.5) is 33.3 Å². The van der Waals surface area contributed by atoms with Gasteiger partial charge < -0.3 is 9.80 Å². The second kappa shape index (κ2) is 10.2. The molecule has 1 amide bonds. The molecule has 1 aliphatic rings. The largest absolute Gasteiger partial charge is 0.416 e. The minimum absolute atomic E-state index is 0.0270. The third-order valence-electron chi connectivity index (χ3n) is 5.51. The summed E-state index contributed by atoms with van der Waals surface area (Å²) in [4.78, 5) is 15.9. The number of nitrogens with zero attached hydrogens (tertiary/aromatic N) is 3. The van der Waals surface area contributed by atoms with Crippen LogP contribution in [0.5, 0.6) is 0 Å². The highest BCUT2D eigenvalue weighted by Gasteiger charge is 2.31. The molecule has 34 heavy (non-hydrogen) atoms. The highest BCUT2D eigenvalue weighted by atomic mass is 32.2. The third-order valence-corrected chi connectivity index (χ3v) is 6.71. The Balaban J connectivity index is 1.54. The number of rotatable bonds is 7. The molecule has 0 saturated carbocycles. The number of halogens is 5. The predicted molar refractivity (Wildman–Crippen MR) is 118 cm³/mol. The second-order valence-electron chi connectivity index (χ2n) is 7.95. The summed E-state index contributed by atoms with van der Waals surface area (Å²) in [6.45, 7) is 1.25. The Morgan fingerprint density at radius 2 is 1.68 bits per heavy atom. The highest BCUT2D eigenvalue weighted by molar-refractivity contribution is 7.92. The SMILES string of the molecule is CS(=O)(=O)N(CCCC(=O)N1CCN(c2cccc(C(F)(F)F)c2)CC1)c1ccc(F)c(F)c1. The minimum atomic E-state index is -4.44. The van der Waals surface area contributed by atoms with Crippen LogP contribution in [0.3, 0.4) is 0 Å². The first kappa shape index (κ1) is 25.7. The fourth-order valence-electron chi connectivity index (χ4n) is 3.75. The van der Waals surface area contributed by atoms with E-state index in [0.29, 0.717) is 31.9 Å². The summed E-state index contributed by atoms with van der Waals surface area (Å²) in [5.41, 5.74) is -0.347. The van der Waals surface area contributed by atoms with Crippen LogP contribution in [-0.2, 0) is 21.0 Å². The molecule has 1 heterocycles. The van der Waals surface area contributed by atoms with Crippen molar-refractivity contribution in [3.63, 3.8) is 0 Å². The molecule has 6 nitrogen and oxygen atoms in total. The zero-order chi connectivity index (χ0) is 25.1. The van der Waals surface area contributed by atoms with Gasteiger partial charge in [0.05, 0.1) is 17.5 Å². The summed E-state index contributed by atoms with van der Waals surface area (Å²) < 4.78 is 90.7. The van der Waals surface area contributed by atoms with E-state index in [1.807, 2.05) is 0 Å². The predicted octanol–water partition coefficient (Wildman–Crippen LogP) is 3.88. The van der Waals surface area contributed by atoms with Gasteiger partial charge in [-0.2, -0.15) is 13.2 Å². The molecule has 0 bridgehead atoms. The first-order chi connectivity index (χ1) is 15.9. The fraction of sp³-hybridized carbons (Fsp3) is 0.409. The Morgan fingerprint density at radius 1 is 1.00 bits per heavy atom. The van der Waals surface area contributed by atoms with Gasteiger partial charge in [0.15, 0.2) is 11.6 Å². The molecule has 1 fully saturated rings. The van der Waals surface area contributed by atoms with Crippen molar-refractivity contribution in [3.8, 4) is 0 Å². The maximum absolute atomic E-state index is 13.5. The van der Waals surface area contributed by atoms with Gasteiger partial charge in [-0.05, 0) is 36.8 Å². The molecule has 0 N–H and O–H groups in total. The Morgan fingerprint density at radius 3 is 2.26 bits per heavy atom. The Bertz CT molecular complexity index is 1130. The lowest BCUT2D eigenvalue weighted by Gasteiger charge is -2.36. The average Bonchev–Trinajstić information content (AvgIpc) is 2.77. The first-order valence-electron chi connectivity index (χ1n) is 10.5. The maximum Gasteiger partial charge on any atom is 0.416 e. The molecule has 0 radical (unpaired) electrons. The van der Waals surface area contributed by atoms with Crippen LogP contribution in [0, 0.1) is 11.6 Å². The smallest absolute Gasteiger partial charge is 0.368 e. The third kappa shape index (κ3) is 6.37. The lowest BCUT2D eigenvalue weighted by molar-refractivity contribution is -0.137. The van der Waals surface area contributed by atoms with Gasteiger partial charge in [0.1, 0.15) is 0 Å². The normalized spacial score (nSPS) is 14.9. The Hall–Kier alpha value is -2.89. The van der Waals surface area contributed by atoms with E-state index in [0.717, 1.165) is 40.9 Å². The van der Waals surface area contributed by atoms with E-state index in [2.05, 4.69) is 0 Å². The van der Waals surface area contributed by atoms with Gasteiger partial charge in [-0.25, -0.2) is 17.2 Å². The zero-order valence-electron chi connectivity index (χ0n) is 18.4. The van der Waals surface area contributed by atoms with Crippen molar-refractivity contribution < 1.29 is 35.2 Å². The number of piperazine rings is 1. The number of carbonyl (C=O) groups excluding carboxylic acids is 1. The molecular weight excluding hydrogens is 481 g/mol. The van der Waals surface area contributed by atoms with Crippen molar-refractivity contribution in [2.75, 3.05) is 48.2 Å². The lowest BCUT2D eigenvalue weighted by Crippen LogP contribution is -2.49. The molecule has 1 saturated heterocycles. The van der Waals surface area contributed by atoms with Crippen molar-refractivity contribution in [1.29, 1.82) is 0 Å². The maximum atomic E-state index is 13.5. The number of sulfonamides is 1. The molecule has 0 spiro atoms. The number of hydrogen-bond donors (Lipinski definition) is 0. The van der Waals surface area contributed by atoms with E-state index in [4.69, 9.17) is 0 Å². The van der Waals surface area contributed by atoms with Crippen LogP contribution in [0.25, 0.3) is 0 Å². The molecular formula is C22H24F5N3O3S. The van der Waals surface area contributed by atoms with Gasteiger partial charge in [-0.15, -0.1) is 0 Å². The van der Waals surface area contributed by atoms with E-state index in [-0.39, 0.29) is 31.0 Å². The van der Waals surface area contributed by atoms with Crippen molar-refractivity contribution in [1.82, 2.24) is 4.90 Å². The van der Waals surface area contributed by atoms with Gasteiger partial charge in [-0.3, -0.25) is 9.10 Å². The summed E-state index contributed by atoms with van der Waals surface area (Å²) in [6, 6.07) is 7.78. The van der Waals surface area contributed by atoms with Gasteiger partial charge in [0.25, 0.3) is 0 Å². The van der Waals surface area contributed by atoms with E-state index >= 15 is 0 Å². The quantitative estimate of drug-likeness (QED) is 0.536. The number of hydrogen-bond acceptors (Lipinski definition) is 4. The first-order valence-corrected chi connectivity index (χ1v) is 12.3. The Labute approximate surface area is 194 Å². The summed E-state index contributed by atoms with van der Waals surface area (Å²) in [7, 11) is -3.79. The van der Waals surface area contributed by atoms with Crippen molar-refractivity contribution in [2.45, 2.75) is 19.0 Å². The summed E-state index contributed by atoms with van der Waals surface area (Å²) in [6.07, 6.45) is -3.32. The van der Waals surface area contributed by atoms with Crippen molar-refractivity contribution in [2.24, 2.45) is 0 Å². The molecule has 2 aromatic rings.